The molecule has 0 radical (unpaired) electrons. The summed E-state index contributed by atoms with van der Waals surface area (Å²) in [6.45, 7) is 3.48. The van der Waals surface area contributed by atoms with Crippen LogP contribution in [0.2, 0.25) is 0 Å². The Bertz CT molecular complexity index is 1150. The highest BCUT2D eigenvalue weighted by atomic mass is 31.2. The van der Waals surface area contributed by atoms with Gasteiger partial charge in [-0.15, -0.1) is 0 Å². The van der Waals surface area contributed by atoms with Crippen LogP contribution in [0.1, 0.15) is 155 Å². The summed E-state index contributed by atoms with van der Waals surface area (Å²) >= 11 is 0. The smallest absolute Gasteiger partial charge is 0.462 e. The van der Waals surface area contributed by atoms with Crippen molar-refractivity contribution in [3.8, 4) is 0 Å². The number of hydrogen-bond acceptors (Lipinski definition) is 7. The number of ether oxygens (including phenoxy) is 3. The number of unbranched alkanes of at least 4 members (excludes halogenated alkanes) is 10. The molecule has 10 heteroatoms. The molecule has 9 nitrogen and oxygen atoms in total. The van der Waals surface area contributed by atoms with E-state index < -0.39 is 32.5 Å². The van der Waals surface area contributed by atoms with E-state index in [1.54, 1.807) is 0 Å². The fourth-order valence-corrected chi connectivity index (χ4v) is 5.88. The van der Waals surface area contributed by atoms with E-state index in [1.807, 2.05) is 0 Å². The molecule has 2 unspecified atom stereocenters. The summed E-state index contributed by atoms with van der Waals surface area (Å²) in [5.74, 6) is -0.953. The molecular formula is C43H71O9P. The lowest BCUT2D eigenvalue weighted by Crippen LogP contribution is -2.29. The highest BCUT2D eigenvalue weighted by Crippen LogP contribution is 2.36. The lowest BCUT2D eigenvalue weighted by Gasteiger charge is -2.18. The minimum absolute atomic E-state index is 0.162. The quantitative estimate of drug-likeness (QED) is 0.0213. The van der Waals surface area contributed by atoms with Crippen LogP contribution in [0.4, 0.5) is 0 Å². The fraction of sp³-hybridized carbons (Fsp3) is 0.674. The van der Waals surface area contributed by atoms with Crippen LogP contribution in [-0.4, -0.2) is 53.3 Å². The third kappa shape index (κ3) is 33.7. The van der Waals surface area contributed by atoms with Gasteiger partial charge in [0.25, 0.3) is 0 Å². The number of rotatable bonds is 35. The highest BCUT2D eigenvalue weighted by molar-refractivity contribution is 7.46. The molecule has 1 rings (SSSR count). The van der Waals surface area contributed by atoms with Crippen molar-refractivity contribution in [1.82, 2.24) is 0 Å². The molecule has 302 valence electrons. The molecule has 0 aromatic carbocycles. The van der Waals surface area contributed by atoms with E-state index >= 15 is 0 Å². The van der Waals surface area contributed by atoms with E-state index in [2.05, 4.69) is 91.3 Å². The molecule has 0 aromatic rings. The van der Waals surface area contributed by atoms with Crippen LogP contribution in [0.25, 0.3) is 0 Å². The maximum absolute atomic E-state index is 12.4. The number of carbonyl (C=O) groups excluding carboxylic acids is 2. The Morgan fingerprint density at radius 3 is 1.77 bits per heavy atom. The highest BCUT2D eigenvalue weighted by Gasteiger charge is 2.36. The van der Waals surface area contributed by atoms with E-state index in [0.29, 0.717) is 25.0 Å². The van der Waals surface area contributed by atoms with Crippen molar-refractivity contribution < 1.29 is 42.7 Å². The first kappa shape index (κ1) is 48.5. The summed E-state index contributed by atoms with van der Waals surface area (Å²) in [5.41, 5.74) is 0. The Morgan fingerprint density at radius 2 is 1.15 bits per heavy atom. The Hall–Kier alpha value is -2.55. The predicted molar refractivity (Wildman–Crippen MR) is 215 cm³/mol. The Kier molecular flexibility index (Phi) is 31.1. The van der Waals surface area contributed by atoms with Gasteiger partial charge in [-0.25, -0.2) is 4.57 Å². The molecular weight excluding hydrogens is 691 g/mol. The molecule has 0 aliphatic carbocycles. The van der Waals surface area contributed by atoms with Crippen LogP contribution < -0.4 is 0 Å². The monoisotopic (exact) mass is 762 g/mol. The molecule has 0 spiro atoms. The first-order valence-corrected chi connectivity index (χ1v) is 21.9. The van der Waals surface area contributed by atoms with Crippen molar-refractivity contribution in [2.75, 3.05) is 13.2 Å². The van der Waals surface area contributed by atoms with Crippen molar-refractivity contribution >= 4 is 19.8 Å². The molecule has 0 bridgehead atoms. The van der Waals surface area contributed by atoms with Crippen molar-refractivity contribution in [2.45, 2.75) is 173 Å². The molecule has 0 saturated carbocycles. The Balaban J connectivity index is 2.12. The summed E-state index contributed by atoms with van der Waals surface area (Å²) in [4.78, 5) is 42.9. The second-order valence-corrected chi connectivity index (χ2v) is 14.9. The van der Waals surface area contributed by atoms with Gasteiger partial charge in [-0.1, -0.05) is 132 Å². The van der Waals surface area contributed by atoms with Gasteiger partial charge >= 0.3 is 19.8 Å². The van der Waals surface area contributed by atoms with Crippen molar-refractivity contribution in [3.63, 3.8) is 0 Å². The van der Waals surface area contributed by atoms with Crippen LogP contribution in [-0.2, 0) is 32.9 Å². The minimum atomic E-state index is -4.78. The van der Waals surface area contributed by atoms with Gasteiger partial charge in [0.05, 0.1) is 18.8 Å². The van der Waals surface area contributed by atoms with Crippen molar-refractivity contribution in [3.05, 3.63) is 72.9 Å². The number of allylic oxidation sites excluding steroid dienone is 11. The molecule has 1 aliphatic heterocycles. The number of phosphoric ester groups is 1. The van der Waals surface area contributed by atoms with Crippen LogP contribution in [0.3, 0.4) is 0 Å². The maximum Gasteiger partial charge on any atom is 0.469 e. The number of carbonyl (C=O) groups is 2. The first-order valence-electron chi connectivity index (χ1n) is 20.4. The topological polar surface area (TPSA) is 132 Å². The molecule has 1 fully saturated rings. The Labute approximate surface area is 321 Å². The molecule has 3 atom stereocenters. The minimum Gasteiger partial charge on any atom is -0.462 e. The molecule has 1 aliphatic rings. The zero-order chi connectivity index (χ0) is 38.7. The molecule has 1 heterocycles. The average molecular weight is 763 g/mol. The number of phosphoric acid groups is 1. The molecule has 2 N–H and O–H groups in total. The van der Waals surface area contributed by atoms with Gasteiger partial charge in [0.1, 0.15) is 6.61 Å². The van der Waals surface area contributed by atoms with E-state index in [1.165, 1.54) is 19.3 Å². The zero-order valence-electron chi connectivity index (χ0n) is 32.8. The first-order chi connectivity index (χ1) is 25.7. The molecule has 1 saturated heterocycles. The summed E-state index contributed by atoms with van der Waals surface area (Å²) in [6.07, 6.45) is 46.4. The van der Waals surface area contributed by atoms with E-state index in [-0.39, 0.29) is 19.4 Å². The van der Waals surface area contributed by atoms with Crippen LogP contribution in [0, 0.1) is 0 Å². The average Bonchev–Trinajstić information content (AvgIpc) is 3.88. The molecule has 0 amide bonds. The van der Waals surface area contributed by atoms with E-state index in [9.17, 15) is 14.2 Å². The van der Waals surface area contributed by atoms with E-state index in [0.717, 1.165) is 96.3 Å². The zero-order valence-corrected chi connectivity index (χ0v) is 33.7. The number of esters is 2. The molecule has 0 aromatic heterocycles. The van der Waals surface area contributed by atoms with Gasteiger partial charge in [0.2, 0.25) is 0 Å². The molecule has 53 heavy (non-hydrogen) atoms. The third-order valence-electron chi connectivity index (χ3n) is 8.63. The second kappa shape index (κ2) is 34.0. The van der Waals surface area contributed by atoms with Gasteiger partial charge < -0.3 is 24.0 Å². The SMILES string of the molecule is CC/C=C\C/C=C\C/C=C\C/C=C\C/C=C\CCCCCC(=O)O[C@H](COC(=O)CCCCCCCC1OC1C/C=C\CCCCC)COP(=O)(O)O. The number of epoxide rings is 1. The summed E-state index contributed by atoms with van der Waals surface area (Å²) in [7, 11) is -4.78. The van der Waals surface area contributed by atoms with Crippen LogP contribution in [0.15, 0.2) is 72.9 Å². The van der Waals surface area contributed by atoms with Gasteiger partial charge in [0.15, 0.2) is 6.10 Å². The van der Waals surface area contributed by atoms with Gasteiger partial charge in [0, 0.05) is 12.8 Å². The lowest BCUT2D eigenvalue weighted by atomic mass is 10.1. The van der Waals surface area contributed by atoms with Crippen molar-refractivity contribution in [1.29, 1.82) is 0 Å². The number of hydrogen-bond donors (Lipinski definition) is 2. The predicted octanol–water partition coefficient (Wildman–Crippen LogP) is 11.3. The fourth-order valence-electron chi connectivity index (χ4n) is 5.52. The summed E-state index contributed by atoms with van der Waals surface area (Å²) < 4.78 is 32.1. The lowest BCUT2D eigenvalue weighted by molar-refractivity contribution is -0.161. The maximum atomic E-state index is 12.4. The third-order valence-corrected chi connectivity index (χ3v) is 9.12. The van der Waals surface area contributed by atoms with E-state index in [4.69, 9.17) is 24.0 Å². The normalized spacial score (nSPS) is 17.1. The largest absolute Gasteiger partial charge is 0.469 e. The van der Waals surface area contributed by atoms with Gasteiger partial charge in [-0.05, 0) is 83.5 Å². The summed E-state index contributed by atoms with van der Waals surface area (Å²) in [6, 6.07) is 0. The summed E-state index contributed by atoms with van der Waals surface area (Å²) in [5, 5.41) is 0. The Morgan fingerprint density at radius 1 is 0.623 bits per heavy atom. The second-order valence-electron chi connectivity index (χ2n) is 13.6. The van der Waals surface area contributed by atoms with Crippen LogP contribution in [0.5, 0.6) is 0 Å². The van der Waals surface area contributed by atoms with Crippen LogP contribution >= 0.6 is 7.82 Å². The van der Waals surface area contributed by atoms with Gasteiger partial charge in [-0.3, -0.25) is 14.1 Å². The standard InChI is InChI=1S/C43H71O9P/c1-3-5-7-9-11-12-13-14-15-16-17-18-19-20-21-22-23-27-32-36-43(45)51-39(38-50-53(46,47)48)37-49-42(44)35-31-28-24-26-30-34-41-40(52-41)33-29-25-10-8-6-4-2/h5,7,11-12,14-15,17-18,20-21,25,29,39-41H,3-4,6,8-10,13,16,19,22-24,26-28,30-38H2,1-2H3,(H2,46,47,48)/b7-5-,12-11-,15-14-,18-17-,21-20-,29-25-/t39-,40?,41?/m1/s1. The van der Waals surface area contributed by atoms with Crippen molar-refractivity contribution in [2.24, 2.45) is 0 Å². The van der Waals surface area contributed by atoms with Gasteiger partial charge in [-0.2, -0.15) is 0 Å².